The van der Waals surface area contributed by atoms with Crippen molar-refractivity contribution in [1.29, 1.82) is 0 Å². The van der Waals surface area contributed by atoms with E-state index in [0.29, 0.717) is 4.57 Å². The molecule has 130 valence electrons. The average Bonchev–Trinajstić information content (AvgIpc) is 2.65. The molecule has 0 amide bonds. The number of nitrogens with two attached hydrogens (primary N) is 1. The van der Waals surface area contributed by atoms with Crippen molar-refractivity contribution < 1.29 is 38.9 Å². The first kappa shape index (κ1) is 17.8. The van der Waals surface area contributed by atoms with Crippen LogP contribution in [0.15, 0.2) is 11.0 Å². The zero-order valence-electron chi connectivity index (χ0n) is 11.8. The van der Waals surface area contributed by atoms with Crippen molar-refractivity contribution in [2.75, 3.05) is 12.3 Å². The summed E-state index contributed by atoms with van der Waals surface area (Å²) in [5, 5.41) is 29.6. The quantitative estimate of drug-likeness (QED) is 0.311. The number of aromatic hydroxyl groups is 1. The molecule has 0 radical (unpaired) electrons. The zero-order chi connectivity index (χ0) is 17.6. The van der Waals surface area contributed by atoms with E-state index in [2.05, 4.69) is 9.51 Å². The van der Waals surface area contributed by atoms with Gasteiger partial charge in [0.1, 0.15) is 18.3 Å². The number of anilines is 1. The number of rotatable bonds is 4. The van der Waals surface area contributed by atoms with Gasteiger partial charge in [0.25, 0.3) is 0 Å². The van der Waals surface area contributed by atoms with Crippen LogP contribution in [0.1, 0.15) is 6.92 Å². The number of nitrogen functional groups attached to an aromatic ring is 1. The molecule has 1 aromatic rings. The lowest BCUT2D eigenvalue weighted by Crippen LogP contribution is -2.48. The van der Waals surface area contributed by atoms with Crippen LogP contribution in [-0.2, 0) is 19.6 Å². The Morgan fingerprint density at radius 3 is 2.70 bits per heavy atom. The Labute approximate surface area is 129 Å². The summed E-state index contributed by atoms with van der Waals surface area (Å²) in [7, 11) is -4.81. The molecule has 13 heteroatoms. The van der Waals surface area contributed by atoms with E-state index in [-0.39, 0.29) is 0 Å². The van der Waals surface area contributed by atoms with Gasteiger partial charge in [0.05, 0.1) is 12.8 Å². The molecule has 0 unspecified atom stereocenters. The highest BCUT2D eigenvalue weighted by Crippen LogP contribution is 2.40. The highest BCUT2D eigenvalue weighted by molar-refractivity contribution is 7.46. The van der Waals surface area contributed by atoms with Gasteiger partial charge in [0.15, 0.2) is 17.3 Å². The number of aliphatic hydroxyl groups is 2. The van der Waals surface area contributed by atoms with Crippen molar-refractivity contribution in [3.05, 3.63) is 16.7 Å². The maximum absolute atomic E-state index is 11.9. The second-order valence-electron chi connectivity index (χ2n) is 5.10. The van der Waals surface area contributed by atoms with E-state index in [9.17, 15) is 24.7 Å². The lowest BCUT2D eigenvalue weighted by Gasteiger charge is -2.29. The number of nitrogens with zero attached hydrogens (tertiary/aromatic N) is 2. The summed E-state index contributed by atoms with van der Waals surface area (Å²) in [4.78, 5) is 32.6. The summed E-state index contributed by atoms with van der Waals surface area (Å²) in [6.07, 6.45) is -3.75. The number of phosphoric acid groups is 1. The number of ether oxygens (including phenoxy) is 1. The van der Waals surface area contributed by atoms with Crippen LogP contribution in [0.4, 0.5) is 5.82 Å². The van der Waals surface area contributed by atoms with Crippen molar-refractivity contribution in [1.82, 2.24) is 9.55 Å². The van der Waals surface area contributed by atoms with Gasteiger partial charge in [0.2, 0.25) is 0 Å². The number of aromatic nitrogens is 2. The fourth-order valence-corrected chi connectivity index (χ4v) is 2.59. The minimum absolute atomic E-state index is 0.427. The molecule has 0 bridgehead atoms. The van der Waals surface area contributed by atoms with Crippen molar-refractivity contribution >= 4 is 13.6 Å². The third-order valence-electron chi connectivity index (χ3n) is 3.46. The molecule has 2 rings (SSSR count). The minimum Gasteiger partial charge on any atom is -0.503 e. The summed E-state index contributed by atoms with van der Waals surface area (Å²) in [6, 6.07) is 0. The Morgan fingerprint density at radius 1 is 1.52 bits per heavy atom. The highest BCUT2D eigenvalue weighted by atomic mass is 31.2. The normalized spacial score (nSPS) is 31.4. The van der Waals surface area contributed by atoms with Crippen LogP contribution in [0, 0.1) is 0 Å². The van der Waals surface area contributed by atoms with Gasteiger partial charge < -0.3 is 35.6 Å². The third-order valence-corrected chi connectivity index (χ3v) is 3.95. The number of hydrogen-bond donors (Lipinski definition) is 6. The SMILES string of the molecule is C[C@@]1(n2cc(O)c(N)nc2=O)O[C@H](COP(=O)(O)O)[C@@H](O)[C@H]1O. The first-order chi connectivity index (χ1) is 10.5. The summed E-state index contributed by atoms with van der Waals surface area (Å²) >= 11 is 0. The summed E-state index contributed by atoms with van der Waals surface area (Å²) < 4.78 is 21.0. The fourth-order valence-electron chi connectivity index (χ4n) is 2.24. The molecule has 1 aliphatic rings. The molecular formula is C10H16N3O9P. The monoisotopic (exact) mass is 353 g/mol. The minimum atomic E-state index is -4.81. The summed E-state index contributed by atoms with van der Waals surface area (Å²) in [5.41, 5.74) is 2.45. The first-order valence-electron chi connectivity index (χ1n) is 6.28. The molecule has 12 nitrogen and oxygen atoms in total. The lowest BCUT2D eigenvalue weighted by molar-refractivity contribution is -0.136. The molecule has 0 spiro atoms. The van der Waals surface area contributed by atoms with E-state index in [1.807, 2.05) is 0 Å². The highest BCUT2D eigenvalue weighted by Gasteiger charge is 2.53. The Bertz CT molecular complexity index is 703. The molecule has 7 N–H and O–H groups in total. The van der Waals surface area contributed by atoms with E-state index in [4.69, 9.17) is 20.3 Å². The van der Waals surface area contributed by atoms with Crippen molar-refractivity contribution in [3.63, 3.8) is 0 Å². The predicted octanol–water partition coefficient (Wildman–Crippen LogP) is -2.57. The van der Waals surface area contributed by atoms with E-state index in [0.717, 1.165) is 6.20 Å². The Kier molecular flexibility index (Phi) is 4.52. The van der Waals surface area contributed by atoms with Gasteiger partial charge >= 0.3 is 13.5 Å². The predicted molar refractivity (Wildman–Crippen MR) is 73.1 cm³/mol. The van der Waals surface area contributed by atoms with Crippen molar-refractivity contribution in [3.8, 4) is 5.75 Å². The molecule has 23 heavy (non-hydrogen) atoms. The average molecular weight is 353 g/mol. The van der Waals surface area contributed by atoms with Crippen LogP contribution in [0.3, 0.4) is 0 Å². The molecule has 1 fully saturated rings. The van der Waals surface area contributed by atoms with Gasteiger partial charge in [-0.15, -0.1) is 0 Å². The molecule has 0 aromatic carbocycles. The molecule has 1 aliphatic heterocycles. The summed E-state index contributed by atoms with van der Waals surface area (Å²) in [6.45, 7) is 0.484. The van der Waals surface area contributed by atoms with Crippen LogP contribution in [0.25, 0.3) is 0 Å². The van der Waals surface area contributed by atoms with Crippen LogP contribution in [0.2, 0.25) is 0 Å². The van der Waals surface area contributed by atoms with E-state index in [1.54, 1.807) is 0 Å². The van der Waals surface area contributed by atoms with Gasteiger partial charge in [-0.25, -0.2) is 9.36 Å². The van der Waals surface area contributed by atoms with Gasteiger partial charge in [0, 0.05) is 0 Å². The first-order valence-corrected chi connectivity index (χ1v) is 7.81. The van der Waals surface area contributed by atoms with Crippen molar-refractivity contribution in [2.45, 2.75) is 31.0 Å². The second kappa shape index (κ2) is 5.83. The Balaban J connectivity index is 2.34. The fraction of sp³-hybridized carbons (Fsp3) is 0.600. The van der Waals surface area contributed by atoms with E-state index in [1.165, 1.54) is 6.92 Å². The largest absolute Gasteiger partial charge is 0.503 e. The summed E-state index contributed by atoms with van der Waals surface area (Å²) in [5.74, 6) is -0.977. The van der Waals surface area contributed by atoms with Crippen LogP contribution < -0.4 is 11.4 Å². The number of aliphatic hydroxyl groups excluding tert-OH is 2. The Morgan fingerprint density at radius 2 is 2.13 bits per heavy atom. The Hall–Kier alpha value is -1.53. The van der Waals surface area contributed by atoms with E-state index >= 15 is 0 Å². The van der Waals surface area contributed by atoms with Gasteiger partial charge in [-0.2, -0.15) is 4.98 Å². The molecule has 2 heterocycles. The maximum Gasteiger partial charge on any atom is 0.469 e. The maximum atomic E-state index is 11.9. The van der Waals surface area contributed by atoms with Crippen LogP contribution in [-0.4, -0.2) is 59.6 Å². The van der Waals surface area contributed by atoms with Gasteiger partial charge in [-0.1, -0.05) is 0 Å². The standard InChI is InChI=1S/C10H16N3O9P/c1-10(13-2-4(14)8(11)12-9(13)17)7(16)6(15)5(22-10)3-21-23(18,19)20/h2,5-7,14-16H,3H2,1H3,(H2,11,12,17)(H2,18,19,20)/t5-,6-,7-,10-/m1/s1. The van der Waals surface area contributed by atoms with Gasteiger partial charge in [-0.05, 0) is 6.92 Å². The van der Waals surface area contributed by atoms with Crippen LogP contribution >= 0.6 is 7.82 Å². The molecule has 0 aliphatic carbocycles. The second-order valence-corrected chi connectivity index (χ2v) is 6.34. The van der Waals surface area contributed by atoms with E-state index < -0.39 is 55.7 Å². The van der Waals surface area contributed by atoms with Gasteiger partial charge in [-0.3, -0.25) is 9.09 Å². The topological polar surface area (TPSA) is 198 Å². The molecule has 1 aromatic heterocycles. The molecule has 0 saturated carbocycles. The lowest BCUT2D eigenvalue weighted by atomic mass is 10.0. The van der Waals surface area contributed by atoms with Crippen molar-refractivity contribution in [2.24, 2.45) is 0 Å². The smallest absolute Gasteiger partial charge is 0.469 e. The molecule has 1 saturated heterocycles. The number of hydrogen-bond acceptors (Lipinski definition) is 9. The number of phosphoric ester groups is 1. The van der Waals surface area contributed by atoms with Crippen LogP contribution in [0.5, 0.6) is 5.75 Å². The third kappa shape index (κ3) is 3.38. The zero-order valence-corrected chi connectivity index (χ0v) is 12.7. The molecule has 4 atom stereocenters. The molecular weight excluding hydrogens is 337 g/mol.